The summed E-state index contributed by atoms with van der Waals surface area (Å²) >= 11 is 0. The molecule has 0 spiro atoms. The third-order valence-electron chi connectivity index (χ3n) is 4.69. The van der Waals surface area contributed by atoms with Gasteiger partial charge in [-0.3, -0.25) is 9.89 Å². The van der Waals surface area contributed by atoms with Crippen molar-refractivity contribution in [2.45, 2.75) is 26.3 Å². The van der Waals surface area contributed by atoms with Crippen LogP contribution in [0.25, 0.3) is 0 Å². The summed E-state index contributed by atoms with van der Waals surface area (Å²) in [6.45, 7) is 7.76. The van der Waals surface area contributed by atoms with Crippen molar-refractivity contribution in [3.8, 4) is 5.75 Å². The second kappa shape index (κ2) is 13.4. The molecule has 0 saturated carbocycles. The molecule has 1 aromatic carbocycles. The van der Waals surface area contributed by atoms with Gasteiger partial charge >= 0.3 is 0 Å². The molecule has 156 valence electrons. The van der Waals surface area contributed by atoms with E-state index in [1.54, 1.807) is 20.4 Å². The van der Waals surface area contributed by atoms with Crippen LogP contribution in [0.3, 0.4) is 0 Å². The summed E-state index contributed by atoms with van der Waals surface area (Å²) in [7, 11) is 3.49. The number of furan rings is 1. The molecule has 1 unspecified atom stereocenters. The molecule has 0 aliphatic carbocycles. The first-order chi connectivity index (χ1) is 13.2. The molecule has 28 heavy (non-hydrogen) atoms. The summed E-state index contributed by atoms with van der Waals surface area (Å²) in [5, 5.41) is 6.81. The van der Waals surface area contributed by atoms with Crippen LogP contribution >= 0.6 is 24.0 Å². The van der Waals surface area contributed by atoms with Crippen molar-refractivity contribution in [2.75, 3.05) is 40.3 Å². The van der Waals surface area contributed by atoms with Crippen LogP contribution in [0, 0.1) is 0 Å². The van der Waals surface area contributed by atoms with E-state index in [1.807, 2.05) is 30.3 Å². The maximum atomic E-state index is 5.65. The van der Waals surface area contributed by atoms with E-state index >= 15 is 0 Å². The molecule has 1 heterocycles. The third kappa shape index (κ3) is 7.01. The van der Waals surface area contributed by atoms with Gasteiger partial charge in [-0.2, -0.15) is 0 Å². The number of nitrogens with zero attached hydrogens (tertiary/aromatic N) is 2. The lowest BCUT2D eigenvalue weighted by molar-refractivity contribution is 0.193. The van der Waals surface area contributed by atoms with Gasteiger partial charge in [0.1, 0.15) is 11.5 Å². The molecule has 0 aliphatic heterocycles. The van der Waals surface area contributed by atoms with Crippen LogP contribution in [-0.4, -0.2) is 51.2 Å². The number of nitrogens with one attached hydrogen (secondary N) is 2. The van der Waals surface area contributed by atoms with Crippen LogP contribution in [0.4, 0.5) is 0 Å². The number of ether oxygens (including phenoxy) is 1. The second-order valence-electron chi connectivity index (χ2n) is 6.19. The second-order valence-corrected chi connectivity index (χ2v) is 6.19. The molecule has 6 nitrogen and oxygen atoms in total. The van der Waals surface area contributed by atoms with Crippen molar-refractivity contribution in [1.29, 1.82) is 0 Å². The molecular formula is C21H33IN4O2. The Hall–Kier alpha value is -1.74. The molecule has 0 aliphatic rings. The molecule has 0 bridgehead atoms. The fraction of sp³-hybridized carbons (Fsp3) is 0.476. The van der Waals surface area contributed by atoms with Crippen molar-refractivity contribution in [2.24, 2.45) is 4.99 Å². The highest BCUT2D eigenvalue weighted by molar-refractivity contribution is 14.0. The minimum absolute atomic E-state index is 0. The standard InChI is InChI=1S/C21H32N4O2.HI/c1-5-25(6-2)18(20-12-9-15-27-20)16-24-21(22-3)23-14-13-17-10-7-8-11-19(17)26-4;/h7-12,15,18H,5-6,13-14,16H2,1-4H3,(H2,22,23,24);1H. The summed E-state index contributed by atoms with van der Waals surface area (Å²) in [4.78, 5) is 6.71. The Kier molecular flexibility index (Phi) is 11.7. The maximum absolute atomic E-state index is 5.65. The van der Waals surface area contributed by atoms with Gasteiger partial charge in [0.15, 0.2) is 5.96 Å². The van der Waals surface area contributed by atoms with Crippen LogP contribution in [0.2, 0.25) is 0 Å². The smallest absolute Gasteiger partial charge is 0.191 e. The normalized spacial score (nSPS) is 12.4. The molecule has 1 aromatic heterocycles. The van der Waals surface area contributed by atoms with Crippen LogP contribution < -0.4 is 15.4 Å². The molecule has 7 heteroatoms. The van der Waals surface area contributed by atoms with E-state index in [0.29, 0.717) is 0 Å². The van der Waals surface area contributed by atoms with Crippen molar-refractivity contribution >= 4 is 29.9 Å². The van der Waals surface area contributed by atoms with Crippen LogP contribution in [-0.2, 0) is 6.42 Å². The minimum Gasteiger partial charge on any atom is -0.496 e. The first-order valence-electron chi connectivity index (χ1n) is 9.57. The number of hydrogen-bond donors (Lipinski definition) is 2. The average Bonchev–Trinajstić information content (AvgIpc) is 3.24. The van der Waals surface area contributed by atoms with E-state index in [9.17, 15) is 0 Å². The number of likely N-dealkylation sites (N-methyl/N-ethyl adjacent to an activating group) is 1. The lowest BCUT2D eigenvalue weighted by atomic mass is 10.1. The number of methoxy groups -OCH3 is 1. The van der Waals surface area contributed by atoms with Gasteiger partial charge in [0, 0.05) is 20.1 Å². The Bertz CT molecular complexity index is 687. The van der Waals surface area contributed by atoms with Crippen LogP contribution in [0.1, 0.15) is 31.2 Å². The zero-order chi connectivity index (χ0) is 19.5. The number of para-hydroxylation sites is 1. The zero-order valence-electron chi connectivity index (χ0n) is 17.3. The lowest BCUT2D eigenvalue weighted by Crippen LogP contribution is -2.43. The number of aliphatic imine (C=N–C) groups is 1. The van der Waals surface area contributed by atoms with Crippen molar-refractivity contribution in [3.05, 3.63) is 54.0 Å². The summed E-state index contributed by atoms with van der Waals surface area (Å²) < 4.78 is 11.1. The SMILES string of the molecule is CCN(CC)C(CNC(=NC)NCCc1ccccc1OC)c1ccco1.I. The molecule has 2 rings (SSSR count). The molecule has 0 fully saturated rings. The number of benzene rings is 1. The van der Waals surface area contributed by atoms with Crippen molar-refractivity contribution in [1.82, 2.24) is 15.5 Å². The fourth-order valence-electron chi connectivity index (χ4n) is 3.19. The molecule has 0 radical (unpaired) electrons. The fourth-order valence-corrected chi connectivity index (χ4v) is 3.19. The first kappa shape index (κ1) is 24.3. The Morgan fingerprint density at radius 1 is 1.14 bits per heavy atom. The molecule has 2 aromatic rings. The Morgan fingerprint density at radius 3 is 2.50 bits per heavy atom. The summed E-state index contributed by atoms with van der Waals surface area (Å²) in [5.74, 6) is 2.67. The number of guanidine groups is 1. The van der Waals surface area contributed by atoms with Crippen molar-refractivity contribution in [3.63, 3.8) is 0 Å². The maximum Gasteiger partial charge on any atom is 0.191 e. The number of rotatable bonds is 10. The largest absolute Gasteiger partial charge is 0.496 e. The first-order valence-corrected chi connectivity index (χ1v) is 9.57. The molecule has 0 saturated heterocycles. The van der Waals surface area contributed by atoms with E-state index in [2.05, 4.69) is 40.4 Å². The summed E-state index contributed by atoms with van der Waals surface area (Å²) in [5.41, 5.74) is 1.18. The van der Waals surface area contributed by atoms with Gasteiger partial charge < -0.3 is 19.8 Å². The van der Waals surface area contributed by atoms with E-state index in [1.165, 1.54) is 5.56 Å². The van der Waals surface area contributed by atoms with E-state index < -0.39 is 0 Å². The Labute approximate surface area is 185 Å². The third-order valence-corrected chi connectivity index (χ3v) is 4.69. The highest BCUT2D eigenvalue weighted by Gasteiger charge is 2.20. The summed E-state index contributed by atoms with van der Waals surface area (Å²) in [6, 6.07) is 12.2. The highest BCUT2D eigenvalue weighted by atomic mass is 127. The predicted molar refractivity (Wildman–Crippen MR) is 126 cm³/mol. The van der Waals surface area contributed by atoms with Crippen LogP contribution in [0.5, 0.6) is 5.75 Å². The Morgan fingerprint density at radius 2 is 1.89 bits per heavy atom. The van der Waals surface area contributed by atoms with Gasteiger partial charge in [0.05, 0.1) is 19.4 Å². The van der Waals surface area contributed by atoms with Gasteiger partial charge in [-0.05, 0) is 43.3 Å². The van der Waals surface area contributed by atoms with Gasteiger partial charge in [0.25, 0.3) is 0 Å². The van der Waals surface area contributed by atoms with Gasteiger partial charge in [-0.25, -0.2) is 0 Å². The van der Waals surface area contributed by atoms with Crippen LogP contribution in [0.15, 0.2) is 52.1 Å². The van der Waals surface area contributed by atoms with Gasteiger partial charge in [-0.15, -0.1) is 24.0 Å². The summed E-state index contributed by atoms with van der Waals surface area (Å²) in [6.07, 6.45) is 2.59. The monoisotopic (exact) mass is 500 g/mol. The zero-order valence-corrected chi connectivity index (χ0v) is 19.6. The predicted octanol–water partition coefficient (Wildman–Crippen LogP) is 3.70. The van der Waals surface area contributed by atoms with E-state index in [0.717, 1.165) is 50.1 Å². The molecule has 2 N–H and O–H groups in total. The van der Waals surface area contributed by atoms with E-state index in [-0.39, 0.29) is 30.0 Å². The quantitative estimate of drug-likeness (QED) is 0.296. The number of halogens is 1. The average molecular weight is 500 g/mol. The van der Waals surface area contributed by atoms with Gasteiger partial charge in [-0.1, -0.05) is 32.0 Å². The van der Waals surface area contributed by atoms with Gasteiger partial charge in [0.2, 0.25) is 0 Å². The topological polar surface area (TPSA) is 62.0 Å². The Balaban J connectivity index is 0.00000392. The molecule has 0 amide bonds. The molecular weight excluding hydrogens is 467 g/mol. The lowest BCUT2D eigenvalue weighted by Gasteiger charge is -2.28. The number of hydrogen-bond acceptors (Lipinski definition) is 4. The highest BCUT2D eigenvalue weighted by Crippen LogP contribution is 2.20. The van der Waals surface area contributed by atoms with E-state index in [4.69, 9.17) is 9.15 Å². The molecule has 1 atom stereocenters. The van der Waals surface area contributed by atoms with Crippen molar-refractivity contribution < 1.29 is 9.15 Å². The minimum atomic E-state index is 0.